The molecule has 2 heterocycles. The lowest BCUT2D eigenvalue weighted by atomic mass is 9.93. The number of hydrogen-bond donors (Lipinski definition) is 3. The molecule has 3 N–H and O–H groups in total. The number of nitrogens with one attached hydrogen (secondary N) is 2. The topological polar surface area (TPSA) is 123 Å². The van der Waals surface area contributed by atoms with Crippen LogP contribution in [-0.4, -0.2) is 46.6 Å². The lowest BCUT2D eigenvalue weighted by Crippen LogP contribution is -2.47. The second-order valence-electron chi connectivity index (χ2n) is 11.7. The van der Waals surface area contributed by atoms with Crippen LogP contribution in [0.2, 0.25) is 0 Å². The Morgan fingerprint density at radius 3 is 2.49 bits per heavy atom. The van der Waals surface area contributed by atoms with Crippen LogP contribution >= 0.6 is 0 Å². The molecule has 236 valence electrons. The molecule has 1 aliphatic heterocycles. The van der Waals surface area contributed by atoms with E-state index >= 15 is 0 Å². The monoisotopic (exact) mass is 627 g/mol. The average Bonchev–Trinajstić information content (AvgIpc) is 3.76. The Morgan fingerprint density at radius 1 is 0.915 bits per heavy atom. The van der Waals surface area contributed by atoms with Crippen molar-refractivity contribution in [3.05, 3.63) is 132 Å². The molecule has 0 spiro atoms. The summed E-state index contributed by atoms with van der Waals surface area (Å²) < 4.78 is 18.4. The number of carboxylic acids is 1. The quantitative estimate of drug-likeness (QED) is 0.140. The van der Waals surface area contributed by atoms with Crippen LogP contribution in [0.4, 0.5) is 5.69 Å². The Hall–Kier alpha value is -5.67. The number of rotatable bonds is 11. The van der Waals surface area contributed by atoms with Gasteiger partial charge in [-0.1, -0.05) is 54.6 Å². The van der Waals surface area contributed by atoms with Gasteiger partial charge in [0.05, 0.1) is 11.6 Å². The second kappa shape index (κ2) is 13.0. The highest BCUT2D eigenvalue weighted by atomic mass is 16.5. The number of hydrogen-bond acceptors (Lipinski definition) is 8. The van der Waals surface area contributed by atoms with Crippen molar-refractivity contribution in [1.29, 1.82) is 0 Å². The lowest BCUT2D eigenvalue weighted by molar-refractivity contribution is -0.127. The van der Waals surface area contributed by atoms with Gasteiger partial charge < -0.3 is 29.6 Å². The highest BCUT2D eigenvalue weighted by molar-refractivity contribution is 5.94. The maximum atomic E-state index is 14.8. The summed E-state index contributed by atoms with van der Waals surface area (Å²) in [6.45, 7) is 2.50. The zero-order valence-electron chi connectivity index (χ0n) is 25.6. The normalized spacial score (nSPS) is 17.3. The molecule has 1 aliphatic rings. The molecule has 2 unspecified atom stereocenters. The van der Waals surface area contributed by atoms with Crippen LogP contribution in [-0.2, 0) is 4.79 Å². The van der Waals surface area contributed by atoms with E-state index in [1.54, 1.807) is 12.1 Å². The van der Waals surface area contributed by atoms with E-state index in [1.807, 2.05) is 85.8 Å². The van der Waals surface area contributed by atoms with Crippen LogP contribution in [0.3, 0.4) is 0 Å². The standard InChI is InChI=1S/C38H33N3O6/c1-23-6-2-5-9-31(23)41-35(27-13-17-32-34(19-27)45-22-40-32)36(42)37(47-28-14-11-25(12-15-28)38(43)44)33-20-30(21-39-33)46-29-16-10-24-7-3-4-8-26(24)18-29/h2-19,22,30,33,35,37,39,41H,20-21H2,1H3,(H,43,44)/t30-,33-,35?,37?/m0/s1. The zero-order chi connectivity index (χ0) is 32.3. The fourth-order valence-electron chi connectivity index (χ4n) is 6.07. The van der Waals surface area contributed by atoms with Gasteiger partial charge >= 0.3 is 5.97 Å². The summed E-state index contributed by atoms with van der Waals surface area (Å²) in [5, 5.41) is 18.6. The molecule has 5 aromatic carbocycles. The molecular formula is C38H33N3O6. The Morgan fingerprint density at radius 2 is 1.68 bits per heavy atom. The van der Waals surface area contributed by atoms with Gasteiger partial charge in [-0.2, -0.15) is 0 Å². The molecule has 0 saturated carbocycles. The summed E-state index contributed by atoms with van der Waals surface area (Å²) in [5.74, 6) is -0.114. The van der Waals surface area contributed by atoms with E-state index in [0.717, 1.165) is 27.8 Å². The average molecular weight is 628 g/mol. The molecule has 6 aromatic rings. The van der Waals surface area contributed by atoms with E-state index in [0.29, 0.717) is 35.4 Å². The predicted molar refractivity (Wildman–Crippen MR) is 179 cm³/mol. The molecule has 47 heavy (non-hydrogen) atoms. The first-order chi connectivity index (χ1) is 22.9. The largest absolute Gasteiger partial charge is 0.489 e. The Kier molecular flexibility index (Phi) is 8.29. The van der Waals surface area contributed by atoms with Gasteiger partial charge in [0.25, 0.3) is 0 Å². The Bertz CT molecular complexity index is 2060. The molecule has 1 aromatic heterocycles. The summed E-state index contributed by atoms with van der Waals surface area (Å²) in [6, 6.07) is 32.3. The number of aromatic carboxylic acids is 1. The number of aromatic nitrogens is 1. The number of benzene rings is 5. The smallest absolute Gasteiger partial charge is 0.335 e. The molecule has 7 rings (SSSR count). The summed E-state index contributed by atoms with van der Waals surface area (Å²) >= 11 is 0. The van der Waals surface area contributed by atoms with Gasteiger partial charge in [-0.25, -0.2) is 9.78 Å². The predicted octanol–water partition coefficient (Wildman–Crippen LogP) is 6.97. The summed E-state index contributed by atoms with van der Waals surface area (Å²) in [7, 11) is 0. The number of oxazole rings is 1. The number of ether oxygens (including phenoxy) is 2. The summed E-state index contributed by atoms with van der Waals surface area (Å²) in [4.78, 5) is 30.5. The molecule has 9 heteroatoms. The SMILES string of the molecule is Cc1ccccc1NC(C(=O)C(Oc1ccc(C(=O)O)cc1)[C@@H]1C[C@H](Oc2ccc3ccccc3c2)CN1)c1ccc2ncoc2c1. The minimum Gasteiger partial charge on any atom is -0.489 e. The van der Waals surface area contributed by atoms with E-state index in [4.69, 9.17) is 13.9 Å². The van der Waals surface area contributed by atoms with Crippen LogP contribution in [0, 0.1) is 6.92 Å². The molecule has 9 nitrogen and oxygen atoms in total. The number of carbonyl (C=O) groups excluding carboxylic acids is 1. The van der Waals surface area contributed by atoms with E-state index in [1.165, 1.54) is 18.5 Å². The molecule has 0 radical (unpaired) electrons. The molecular weight excluding hydrogens is 594 g/mol. The van der Waals surface area contributed by atoms with Gasteiger partial charge in [-0.3, -0.25) is 4.79 Å². The van der Waals surface area contributed by atoms with Crippen LogP contribution < -0.4 is 20.1 Å². The first kappa shape index (κ1) is 30.0. The minimum absolute atomic E-state index is 0.127. The Balaban J connectivity index is 1.21. The molecule has 0 bridgehead atoms. The molecule has 1 fully saturated rings. The fourth-order valence-corrected chi connectivity index (χ4v) is 6.07. The van der Waals surface area contributed by atoms with Crippen molar-refractivity contribution in [2.45, 2.75) is 37.6 Å². The van der Waals surface area contributed by atoms with E-state index in [9.17, 15) is 14.7 Å². The van der Waals surface area contributed by atoms with Gasteiger partial charge in [0.2, 0.25) is 5.78 Å². The van der Waals surface area contributed by atoms with Crippen LogP contribution in [0.1, 0.15) is 33.9 Å². The third kappa shape index (κ3) is 6.52. The number of para-hydroxylation sites is 1. The fraction of sp³-hybridized carbons (Fsp3) is 0.184. The molecule has 1 saturated heterocycles. The first-order valence-electron chi connectivity index (χ1n) is 15.5. The van der Waals surface area contributed by atoms with Gasteiger partial charge in [-0.05, 0) is 83.4 Å². The number of fused-ring (bicyclic) bond motifs is 2. The van der Waals surface area contributed by atoms with Crippen molar-refractivity contribution in [1.82, 2.24) is 10.3 Å². The van der Waals surface area contributed by atoms with Crippen LogP contribution in [0.15, 0.2) is 120 Å². The number of Topliss-reactive ketones (excluding diaryl/α,β-unsaturated/α-hetero) is 1. The number of ketones is 1. The van der Waals surface area contributed by atoms with Crippen molar-refractivity contribution in [2.75, 3.05) is 11.9 Å². The van der Waals surface area contributed by atoms with Crippen molar-refractivity contribution >= 4 is 39.3 Å². The van der Waals surface area contributed by atoms with Gasteiger partial charge in [-0.15, -0.1) is 0 Å². The second-order valence-corrected chi connectivity index (χ2v) is 11.7. The van der Waals surface area contributed by atoms with E-state index in [2.05, 4.69) is 21.7 Å². The highest BCUT2D eigenvalue weighted by Gasteiger charge is 2.41. The molecule has 4 atom stereocenters. The third-order valence-electron chi connectivity index (χ3n) is 8.58. The van der Waals surface area contributed by atoms with E-state index in [-0.39, 0.29) is 17.5 Å². The van der Waals surface area contributed by atoms with E-state index < -0.39 is 24.2 Å². The van der Waals surface area contributed by atoms with Crippen molar-refractivity contribution in [2.24, 2.45) is 0 Å². The number of carboxylic acid groups (broad SMARTS) is 1. The maximum absolute atomic E-state index is 14.8. The highest BCUT2D eigenvalue weighted by Crippen LogP contribution is 2.31. The minimum atomic E-state index is -1.04. The maximum Gasteiger partial charge on any atom is 0.335 e. The van der Waals surface area contributed by atoms with Gasteiger partial charge in [0.15, 0.2) is 18.1 Å². The van der Waals surface area contributed by atoms with Crippen LogP contribution in [0.5, 0.6) is 11.5 Å². The van der Waals surface area contributed by atoms with Crippen molar-refractivity contribution < 1.29 is 28.6 Å². The van der Waals surface area contributed by atoms with Crippen molar-refractivity contribution in [3.8, 4) is 11.5 Å². The number of aryl methyl sites for hydroxylation is 1. The summed E-state index contributed by atoms with van der Waals surface area (Å²) in [6.07, 6.45) is 0.727. The molecule has 0 aliphatic carbocycles. The Labute approximate surface area is 271 Å². The summed E-state index contributed by atoms with van der Waals surface area (Å²) in [5.41, 5.74) is 3.87. The van der Waals surface area contributed by atoms with Crippen LogP contribution in [0.25, 0.3) is 21.9 Å². The number of nitrogens with zero attached hydrogens (tertiary/aromatic N) is 1. The first-order valence-corrected chi connectivity index (χ1v) is 15.5. The number of carbonyl (C=O) groups is 2. The van der Waals surface area contributed by atoms with Gasteiger partial charge in [0.1, 0.15) is 29.2 Å². The lowest BCUT2D eigenvalue weighted by Gasteiger charge is -2.29. The van der Waals surface area contributed by atoms with Crippen molar-refractivity contribution in [3.63, 3.8) is 0 Å². The zero-order valence-corrected chi connectivity index (χ0v) is 25.6. The third-order valence-corrected chi connectivity index (χ3v) is 8.58. The van der Waals surface area contributed by atoms with Gasteiger partial charge in [0, 0.05) is 18.7 Å². The number of anilines is 1. The molecule has 0 amide bonds.